The van der Waals surface area contributed by atoms with Gasteiger partial charge in [-0.25, -0.2) is 0 Å². The van der Waals surface area contributed by atoms with Crippen LogP contribution in [0.25, 0.3) is 80.7 Å². The lowest BCUT2D eigenvalue weighted by Crippen LogP contribution is -2.14. The first-order chi connectivity index (χ1) is 22.1. The number of para-hydroxylation sites is 1. The zero-order valence-electron chi connectivity index (χ0n) is 25.1. The molecule has 0 unspecified atom stereocenters. The summed E-state index contributed by atoms with van der Waals surface area (Å²) in [6, 6.07) is 51.8. The summed E-state index contributed by atoms with van der Waals surface area (Å²) < 4.78 is 3.89. The molecule has 0 spiro atoms. The molecule has 0 radical (unpaired) electrons. The number of hydrogen-bond acceptors (Lipinski definition) is 1. The Balaban J connectivity index is 1.20. The number of nitrogens with zero attached hydrogens (tertiary/aromatic N) is 1. The molecule has 0 fully saturated rings. The Labute approximate surface area is 265 Å². The number of benzene rings is 7. The smallest absolute Gasteiger partial charge is 0.0719 e. The van der Waals surface area contributed by atoms with Gasteiger partial charge in [-0.15, -0.1) is 11.3 Å². The Kier molecular flexibility index (Phi) is 5.00. The summed E-state index contributed by atoms with van der Waals surface area (Å²) in [4.78, 5) is 1.43. The molecule has 2 heteroatoms. The molecule has 10 rings (SSSR count). The molecule has 0 amide bonds. The molecule has 1 aliphatic carbocycles. The summed E-state index contributed by atoms with van der Waals surface area (Å²) in [5.74, 6) is 0. The molecular formula is C43H29NS. The van der Waals surface area contributed by atoms with Crippen molar-refractivity contribution in [2.45, 2.75) is 19.3 Å². The third-order valence-electron chi connectivity index (χ3n) is 10.1. The van der Waals surface area contributed by atoms with Gasteiger partial charge in [0.25, 0.3) is 0 Å². The van der Waals surface area contributed by atoms with Crippen molar-refractivity contribution in [2.24, 2.45) is 0 Å². The summed E-state index contributed by atoms with van der Waals surface area (Å²) in [5.41, 5.74) is 10.5. The minimum Gasteiger partial charge on any atom is -0.308 e. The van der Waals surface area contributed by atoms with E-state index < -0.39 is 0 Å². The van der Waals surface area contributed by atoms with E-state index in [1.54, 1.807) is 0 Å². The van der Waals surface area contributed by atoms with Crippen LogP contribution in [-0.4, -0.2) is 4.57 Å². The minimum atomic E-state index is -0.0274. The molecule has 9 aromatic rings. The van der Waals surface area contributed by atoms with Gasteiger partial charge in [0.2, 0.25) is 0 Å². The highest BCUT2D eigenvalue weighted by molar-refractivity contribution is 7.23. The van der Waals surface area contributed by atoms with E-state index in [-0.39, 0.29) is 5.41 Å². The fraction of sp³-hybridized carbons (Fsp3) is 0.0698. The van der Waals surface area contributed by atoms with Crippen molar-refractivity contribution in [1.82, 2.24) is 4.57 Å². The number of fused-ring (bicyclic) bond motifs is 11. The molecule has 45 heavy (non-hydrogen) atoms. The van der Waals surface area contributed by atoms with Crippen LogP contribution in [0.3, 0.4) is 0 Å². The summed E-state index contributed by atoms with van der Waals surface area (Å²) in [7, 11) is 0. The van der Waals surface area contributed by atoms with Crippen LogP contribution in [0.15, 0.2) is 140 Å². The van der Waals surface area contributed by atoms with Crippen LogP contribution in [0.4, 0.5) is 0 Å². The number of thiophene rings is 1. The standard InChI is InChI=1S/C43H29NS/c1-43(2)37-13-7-5-12-35(37)41-39(43)36-22-21-34-33-11-6-8-14-38(33)44(40(34)42(36)45-41)32-20-19-30-24-29(17-18-31(30)25-32)28-16-15-26-9-3-4-10-27(26)23-28/h3-25H,1-2H3. The predicted octanol–water partition coefficient (Wildman–Crippen LogP) is 12.3. The highest BCUT2D eigenvalue weighted by Gasteiger charge is 2.39. The zero-order chi connectivity index (χ0) is 29.9. The third-order valence-corrected chi connectivity index (χ3v) is 11.4. The van der Waals surface area contributed by atoms with E-state index in [1.165, 1.54) is 91.8 Å². The van der Waals surface area contributed by atoms with E-state index >= 15 is 0 Å². The van der Waals surface area contributed by atoms with Crippen molar-refractivity contribution in [1.29, 1.82) is 0 Å². The lowest BCUT2D eigenvalue weighted by molar-refractivity contribution is 0.667. The molecule has 2 heterocycles. The van der Waals surface area contributed by atoms with Gasteiger partial charge in [-0.3, -0.25) is 0 Å². The highest BCUT2D eigenvalue weighted by atomic mass is 32.1. The average Bonchev–Trinajstić information content (AvgIpc) is 3.71. The van der Waals surface area contributed by atoms with Crippen molar-refractivity contribution in [3.05, 3.63) is 151 Å². The third kappa shape index (κ3) is 3.43. The molecule has 0 saturated carbocycles. The van der Waals surface area contributed by atoms with Crippen molar-refractivity contribution >= 4 is 64.8 Å². The molecule has 0 N–H and O–H groups in total. The Morgan fingerprint density at radius 3 is 2.04 bits per heavy atom. The van der Waals surface area contributed by atoms with E-state index in [0.29, 0.717) is 0 Å². The van der Waals surface area contributed by atoms with Gasteiger partial charge in [0, 0.05) is 26.8 Å². The summed E-state index contributed by atoms with van der Waals surface area (Å²) in [5, 5.41) is 9.05. The van der Waals surface area contributed by atoms with E-state index in [4.69, 9.17) is 0 Å². The van der Waals surface area contributed by atoms with Crippen molar-refractivity contribution in [2.75, 3.05) is 0 Å². The van der Waals surface area contributed by atoms with Crippen LogP contribution >= 0.6 is 11.3 Å². The lowest BCUT2D eigenvalue weighted by Gasteiger charge is -2.21. The molecule has 212 valence electrons. The van der Waals surface area contributed by atoms with Crippen molar-refractivity contribution in [3.8, 4) is 27.3 Å². The topological polar surface area (TPSA) is 4.93 Å². The average molecular weight is 592 g/mol. The molecule has 0 atom stereocenters. The summed E-state index contributed by atoms with van der Waals surface area (Å²) >= 11 is 1.97. The van der Waals surface area contributed by atoms with E-state index in [2.05, 4.69) is 158 Å². The van der Waals surface area contributed by atoms with Crippen LogP contribution in [0.2, 0.25) is 0 Å². The SMILES string of the molecule is CC1(C)c2ccccc2-c2sc3c(ccc4c5ccccc5n(-c5ccc6cc(-c7ccc8ccccc8c7)ccc6c5)c43)c21. The van der Waals surface area contributed by atoms with Gasteiger partial charge in [0.1, 0.15) is 0 Å². The molecule has 1 nitrogen and oxygen atoms in total. The maximum atomic E-state index is 2.51. The molecular weight excluding hydrogens is 563 g/mol. The first-order valence-corrected chi connectivity index (χ1v) is 16.5. The van der Waals surface area contributed by atoms with Crippen LogP contribution in [-0.2, 0) is 5.41 Å². The van der Waals surface area contributed by atoms with Crippen LogP contribution < -0.4 is 0 Å². The summed E-state index contributed by atoms with van der Waals surface area (Å²) in [6.07, 6.45) is 0. The van der Waals surface area contributed by atoms with Crippen molar-refractivity contribution < 1.29 is 0 Å². The van der Waals surface area contributed by atoms with Crippen molar-refractivity contribution in [3.63, 3.8) is 0 Å². The van der Waals surface area contributed by atoms with Gasteiger partial charge in [-0.2, -0.15) is 0 Å². The summed E-state index contributed by atoms with van der Waals surface area (Å²) in [6.45, 7) is 4.78. The monoisotopic (exact) mass is 591 g/mol. The quantitative estimate of drug-likeness (QED) is 0.188. The fourth-order valence-electron chi connectivity index (χ4n) is 7.96. The number of hydrogen-bond donors (Lipinski definition) is 0. The number of rotatable bonds is 2. The second-order valence-corrected chi connectivity index (χ2v) is 14.0. The molecule has 0 aliphatic heterocycles. The van der Waals surface area contributed by atoms with E-state index in [1.807, 2.05) is 11.3 Å². The van der Waals surface area contributed by atoms with Gasteiger partial charge >= 0.3 is 0 Å². The Morgan fingerprint density at radius 1 is 0.533 bits per heavy atom. The molecule has 0 bridgehead atoms. The minimum absolute atomic E-state index is 0.0274. The Hall–Kier alpha value is -5.18. The fourth-order valence-corrected chi connectivity index (χ4v) is 9.50. The first kappa shape index (κ1) is 25.2. The second-order valence-electron chi connectivity index (χ2n) is 13.0. The molecule has 1 aliphatic rings. The van der Waals surface area contributed by atoms with Gasteiger partial charge in [-0.1, -0.05) is 123 Å². The van der Waals surface area contributed by atoms with Crippen LogP contribution in [0.1, 0.15) is 25.0 Å². The normalized spacial score (nSPS) is 13.7. The van der Waals surface area contributed by atoms with E-state index in [9.17, 15) is 0 Å². The molecule has 7 aromatic carbocycles. The number of aromatic nitrogens is 1. The first-order valence-electron chi connectivity index (χ1n) is 15.7. The molecule has 0 saturated heterocycles. The Bertz CT molecular complexity index is 2680. The molecule has 2 aromatic heterocycles. The van der Waals surface area contributed by atoms with Gasteiger partial charge in [0.15, 0.2) is 0 Å². The van der Waals surface area contributed by atoms with Gasteiger partial charge in [-0.05, 0) is 85.1 Å². The zero-order valence-corrected chi connectivity index (χ0v) is 26.0. The van der Waals surface area contributed by atoms with E-state index in [0.717, 1.165) is 0 Å². The second kappa shape index (κ2) is 8.94. The highest BCUT2D eigenvalue weighted by Crippen LogP contribution is 2.56. The Morgan fingerprint density at radius 2 is 1.18 bits per heavy atom. The largest absolute Gasteiger partial charge is 0.308 e. The van der Waals surface area contributed by atoms with Gasteiger partial charge in [0.05, 0.1) is 15.7 Å². The van der Waals surface area contributed by atoms with Crippen LogP contribution in [0, 0.1) is 0 Å². The predicted molar refractivity (Wildman–Crippen MR) is 194 cm³/mol. The maximum absolute atomic E-state index is 2.51. The van der Waals surface area contributed by atoms with Crippen LogP contribution in [0.5, 0.6) is 0 Å². The lowest BCUT2D eigenvalue weighted by atomic mass is 9.81. The maximum Gasteiger partial charge on any atom is 0.0719 e. The van der Waals surface area contributed by atoms with Gasteiger partial charge < -0.3 is 4.57 Å².